The van der Waals surface area contributed by atoms with E-state index in [0.717, 1.165) is 32.1 Å². The van der Waals surface area contributed by atoms with Gasteiger partial charge in [-0.2, -0.15) is 0 Å². The summed E-state index contributed by atoms with van der Waals surface area (Å²) in [5.74, 6) is 0.873. The molecule has 0 saturated heterocycles. The van der Waals surface area contributed by atoms with Crippen molar-refractivity contribution in [3.8, 4) is 0 Å². The first kappa shape index (κ1) is 11.0. The van der Waals surface area contributed by atoms with Gasteiger partial charge in [-0.3, -0.25) is 4.79 Å². The Kier molecular flexibility index (Phi) is 5.05. The molecule has 0 aromatic heterocycles. The summed E-state index contributed by atoms with van der Waals surface area (Å²) in [6.07, 6.45) is 12.8. The van der Waals surface area contributed by atoms with E-state index in [0.29, 0.717) is 5.76 Å². The van der Waals surface area contributed by atoms with Crippen molar-refractivity contribution in [3.63, 3.8) is 0 Å². The molecular formula is C12H18O2. The summed E-state index contributed by atoms with van der Waals surface area (Å²) in [6, 6.07) is 0. The Morgan fingerprint density at radius 3 is 2.21 bits per heavy atom. The molecule has 2 nitrogen and oxygen atoms in total. The van der Waals surface area contributed by atoms with Crippen molar-refractivity contribution in [3.05, 3.63) is 24.0 Å². The van der Waals surface area contributed by atoms with E-state index in [9.17, 15) is 4.79 Å². The molecule has 0 spiro atoms. The Bertz CT molecular complexity index is 236. The van der Waals surface area contributed by atoms with Crippen LogP contribution in [0, 0.1) is 0 Å². The number of ketones is 1. The lowest BCUT2D eigenvalue weighted by molar-refractivity contribution is -0.114. The molecule has 14 heavy (non-hydrogen) atoms. The third kappa shape index (κ3) is 4.85. The molecule has 0 amide bonds. The quantitative estimate of drug-likeness (QED) is 0.642. The molecule has 1 N–H and O–H groups in total. The van der Waals surface area contributed by atoms with E-state index in [1.54, 1.807) is 6.08 Å². The highest BCUT2D eigenvalue weighted by Gasteiger charge is 1.98. The van der Waals surface area contributed by atoms with Crippen molar-refractivity contribution >= 4 is 5.78 Å². The molecule has 0 fully saturated rings. The molecule has 0 aromatic rings. The zero-order valence-electron chi connectivity index (χ0n) is 8.54. The van der Waals surface area contributed by atoms with Crippen molar-refractivity contribution in [1.29, 1.82) is 0 Å². The fraction of sp³-hybridized carbons (Fsp3) is 0.583. The fourth-order valence-electron chi connectivity index (χ4n) is 1.51. The number of aliphatic hydroxyl groups is 1. The lowest BCUT2D eigenvalue weighted by atomic mass is 10.1. The first-order chi connectivity index (χ1) is 6.79. The van der Waals surface area contributed by atoms with Gasteiger partial charge in [0.1, 0.15) is 0 Å². The zero-order valence-corrected chi connectivity index (χ0v) is 8.54. The topological polar surface area (TPSA) is 37.3 Å². The first-order valence-corrected chi connectivity index (χ1v) is 5.36. The van der Waals surface area contributed by atoms with Crippen LogP contribution in [0.1, 0.15) is 44.9 Å². The van der Waals surface area contributed by atoms with Gasteiger partial charge < -0.3 is 5.11 Å². The van der Waals surface area contributed by atoms with E-state index < -0.39 is 0 Å². The van der Waals surface area contributed by atoms with Crippen molar-refractivity contribution in [2.45, 2.75) is 44.9 Å². The maximum Gasteiger partial charge on any atom is 0.155 e. The molecule has 0 aromatic carbocycles. The summed E-state index contributed by atoms with van der Waals surface area (Å²) in [6.45, 7) is 0. The lowest BCUT2D eigenvalue weighted by Gasteiger charge is -2.04. The minimum atomic E-state index is 0.284. The number of hydrogen-bond donors (Lipinski definition) is 1. The number of allylic oxidation sites excluding steroid dienone is 4. The second kappa shape index (κ2) is 6.41. The number of rotatable bonds is 0. The van der Waals surface area contributed by atoms with Gasteiger partial charge in [0.15, 0.2) is 5.78 Å². The van der Waals surface area contributed by atoms with Crippen LogP contribution in [0.3, 0.4) is 0 Å². The molecule has 2 heteroatoms. The highest BCUT2D eigenvalue weighted by Crippen LogP contribution is 2.13. The Balaban J connectivity index is 0.000000140. The van der Waals surface area contributed by atoms with Crippen molar-refractivity contribution in [1.82, 2.24) is 0 Å². The smallest absolute Gasteiger partial charge is 0.155 e. The number of hydrogen-bond acceptors (Lipinski definition) is 2. The molecule has 2 aliphatic rings. The van der Waals surface area contributed by atoms with Gasteiger partial charge in [0, 0.05) is 12.8 Å². The van der Waals surface area contributed by atoms with Crippen LogP contribution in [-0.2, 0) is 4.79 Å². The molecule has 0 aliphatic heterocycles. The molecule has 0 radical (unpaired) electrons. The van der Waals surface area contributed by atoms with Gasteiger partial charge in [0.25, 0.3) is 0 Å². The van der Waals surface area contributed by atoms with E-state index in [1.165, 1.54) is 12.8 Å². The van der Waals surface area contributed by atoms with E-state index >= 15 is 0 Å². The molecular weight excluding hydrogens is 176 g/mol. The molecule has 78 valence electrons. The number of aliphatic hydroxyl groups excluding tert-OH is 1. The highest BCUT2D eigenvalue weighted by atomic mass is 16.3. The Labute approximate surface area is 85.3 Å². The van der Waals surface area contributed by atoms with Crippen LogP contribution in [0.5, 0.6) is 0 Å². The molecule has 2 rings (SSSR count). The van der Waals surface area contributed by atoms with E-state index in [4.69, 9.17) is 5.11 Å². The predicted molar refractivity (Wildman–Crippen MR) is 57.2 cm³/mol. The number of carbonyl (C=O) groups is 1. The van der Waals surface area contributed by atoms with Gasteiger partial charge in [0.2, 0.25) is 0 Å². The minimum Gasteiger partial charge on any atom is -0.513 e. The van der Waals surface area contributed by atoms with Crippen LogP contribution in [0.25, 0.3) is 0 Å². The SMILES string of the molecule is O=C1C=CCCC1.OC1=CCCCC1. The molecule has 0 unspecified atom stereocenters. The third-order valence-corrected chi connectivity index (χ3v) is 2.36. The summed E-state index contributed by atoms with van der Waals surface area (Å²) in [7, 11) is 0. The summed E-state index contributed by atoms with van der Waals surface area (Å²) in [4.78, 5) is 10.4. The van der Waals surface area contributed by atoms with Crippen molar-refractivity contribution in [2.75, 3.05) is 0 Å². The standard InChI is InChI=1S/C6H10O.C6H8O/c2*7-6-4-2-1-3-5-6/h4,7H,1-3,5H2;2,4H,1,3,5H2. The monoisotopic (exact) mass is 194 g/mol. The van der Waals surface area contributed by atoms with Crippen molar-refractivity contribution < 1.29 is 9.90 Å². The van der Waals surface area contributed by atoms with Crippen LogP contribution >= 0.6 is 0 Å². The lowest BCUT2D eigenvalue weighted by Crippen LogP contribution is -1.95. The zero-order chi connectivity index (χ0) is 10.2. The van der Waals surface area contributed by atoms with E-state index in [-0.39, 0.29) is 5.78 Å². The Morgan fingerprint density at radius 1 is 1.07 bits per heavy atom. The summed E-state index contributed by atoms with van der Waals surface area (Å²) in [5, 5.41) is 8.77. The summed E-state index contributed by atoms with van der Waals surface area (Å²) in [5.41, 5.74) is 0. The van der Waals surface area contributed by atoms with Crippen LogP contribution < -0.4 is 0 Å². The highest BCUT2D eigenvalue weighted by molar-refractivity contribution is 5.90. The average Bonchev–Trinajstić information content (AvgIpc) is 2.21. The Morgan fingerprint density at radius 2 is 1.93 bits per heavy atom. The van der Waals surface area contributed by atoms with Gasteiger partial charge in [-0.15, -0.1) is 0 Å². The Hall–Kier alpha value is -1.05. The van der Waals surface area contributed by atoms with E-state index in [2.05, 4.69) is 0 Å². The normalized spacial score (nSPS) is 20.9. The van der Waals surface area contributed by atoms with E-state index in [1.807, 2.05) is 12.2 Å². The summed E-state index contributed by atoms with van der Waals surface area (Å²) >= 11 is 0. The van der Waals surface area contributed by atoms with Gasteiger partial charge >= 0.3 is 0 Å². The van der Waals surface area contributed by atoms with Gasteiger partial charge in [-0.1, -0.05) is 6.08 Å². The van der Waals surface area contributed by atoms with Crippen molar-refractivity contribution in [2.24, 2.45) is 0 Å². The molecule has 0 heterocycles. The van der Waals surface area contributed by atoms with Gasteiger partial charge in [-0.05, 0) is 44.3 Å². The molecule has 0 saturated carbocycles. The minimum absolute atomic E-state index is 0.284. The first-order valence-electron chi connectivity index (χ1n) is 5.36. The van der Waals surface area contributed by atoms with Crippen LogP contribution in [0.15, 0.2) is 24.0 Å². The largest absolute Gasteiger partial charge is 0.513 e. The average molecular weight is 194 g/mol. The third-order valence-electron chi connectivity index (χ3n) is 2.36. The van der Waals surface area contributed by atoms with Crippen LogP contribution in [0.2, 0.25) is 0 Å². The maximum absolute atomic E-state index is 10.4. The van der Waals surface area contributed by atoms with Gasteiger partial charge in [0.05, 0.1) is 5.76 Å². The molecule has 0 bridgehead atoms. The predicted octanol–water partition coefficient (Wildman–Crippen LogP) is 3.30. The van der Waals surface area contributed by atoms with Crippen LogP contribution in [-0.4, -0.2) is 10.9 Å². The second-order valence-electron chi connectivity index (χ2n) is 3.70. The summed E-state index contributed by atoms with van der Waals surface area (Å²) < 4.78 is 0. The van der Waals surface area contributed by atoms with Crippen LogP contribution in [0.4, 0.5) is 0 Å². The fourth-order valence-corrected chi connectivity index (χ4v) is 1.51. The number of carbonyl (C=O) groups excluding carboxylic acids is 1. The molecule has 2 aliphatic carbocycles. The maximum atomic E-state index is 10.4. The van der Waals surface area contributed by atoms with Gasteiger partial charge in [-0.25, -0.2) is 0 Å². The second-order valence-corrected chi connectivity index (χ2v) is 3.70. The molecule has 0 atom stereocenters.